The average molecular weight is 1540 g/mol. The summed E-state index contributed by atoms with van der Waals surface area (Å²) in [5, 5.41) is 10.6. The number of allylic oxidation sites excluding steroid dienone is 34. The van der Waals surface area contributed by atoms with E-state index in [0.29, 0.717) is 32.1 Å². The Morgan fingerprint density at radius 3 is 0.787 bits per heavy atom. The lowest BCUT2D eigenvalue weighted by atomic mass is 10.1. The molecule has 608 valence electrons. The van der Waals surface area contributed by atoms with E-state index in [2.05, 4.69) is 222 Å². The lowest BCUT2D eigenvalue weighted by Gasteiger charge is -2.21. The third kappa shape index (κ3) is 77.8. The number of hydrogen-bond acceptors (Lipinski definition) is 15. The van der Waals surface area contributed by atoms with Crippen molar-refractivity contribution in [2.75, 3.05) is 39.6 Å². The summed E-state index contributed by atoms with van der Waals surface area (Å²) >= 11 is 0. The van der Waals surface area contributed by atoms with E-state index in [1.807, 2.05) is 12.2 Å². The van der Waals surface area contributed by atoms with Gasteiger partial charge in [-0.15, -0.1) is 0 Å². The van der Waals surface area contributed by atoms with E-state index in [0.717, 1.165) is 186 Å². The molecule has 0 amide bonds. The number of esters is 4. The Labute approximate surface area is 652 Å². The van der Waals surface area contributed by atoms with Crippen molar-refractivity contribution in [3.63, 3.8) is 0 Å². The molecule has 0 aliphatic rings. The Hall–Kier alpha value is -6.36. The molecule has 0 spiro atoms. The van der Waals surface area contributed by atoms with Gasteiger partial charge in [-0.05, 0) is 180 Å². The lowest BCUT2D eigenvalue weighted by molar-refractivity contribution is -0.161. The van der Waals surface area contributed by atoms with Gasteiger partial charge in [-0.25, -0.2) is 9.13 Å². The molecule has 0 saturated heterocycles. The van der Waals surface area contributed by atoms with Gasteiger partial charge in [0.15, 0.2) is 12.2 Å². The molecule has 0 fully saturated rings. The van der Waals surface area contributed by atoms with E-state index < -0.39 is 97.5 Å². The van der Waals surface area contributed by atoms with E-state index in [9.17, 15) is 43.2 Å². The number of carbonyl (C=O) groups excluding carboxylic acids is 4. The van der Waals surface area contributed by atoms with Crippen LogP contribution in [-0.2, 0) is 65.4 Å². The second-order valence-electron chi connectivity index (χ2n) is 25.9. The highest BCUT2D eigenvalue weighted by molar-refractivity contribution is 7.47. The van der Waals surface area contributed by atoms with Gasteiger partial charge in [0.1, 0.15) is 19.3 Å². The van der Waals surface area contributed by atoms with E-state index in [-0.39, 0.29) is 25.7 Å². The molecule has 5 unspecified atom stereocenters. The van der Waals surface area contributed by atoms with Gasteiger partial charge in [0, 0.05) is 25.7 Å². The first-order valence-electron chi connectivity index (χ1n) is 40.3. The summed E-state index contributed by atoms with van der Waals surface area (Å²) in [6.07, 6.45) is 98.1. The molecular formula is C89H140O17P2. The maximum atomic E-state index is 13.1. The maximum absolute atomic E-state index is 13.1. The molecule has 0 aromatic rings. The smallest absolute Gasteiger partial charge is 0.462 e. The number of hydrogen-bond donors (Lipinski definition) is 3. The molecular weight excluding hydrogens is 1400 g/mol. The molecule has 19 heteroatoms. The fourth-order valence-electron chi connectivity index (χ4n) is 9.70. The zero-order valence-corrected chi connectivity index (χ0v) is 68.2. The molecule has 0 rings (SSSR count). The largest absolute Gasteiger partial charge is 0.472 e. The molecule has 3 N–H and O–H groups in total. The van der Waals surface area contributed by atoms with Crippen LogP contribution in [-0.4, -0.2) is 96.7 Å². The predicted molar refractivity (Wildman–Crippen MR) is 445 cm³/mol. The SMILES string of the molecule is CC/C=C\C/C=C\C/C=C\C/C=C\C/C=C\CCCCCC(=O)OCC(COP(=O)(O)OCC(O)COP(=O)(O)OCC(COC(=O)CCCCC/C=C\C/C=C\C/C=C\C/C=C\C/C=C\CC)OC(=O)CCCCCCC/C=C\C/C=C\CCC)OC(=O)CCC/C=C\C/C=C\C/C=C\C/C=C\C/C=C\CC. The molecule has 0 saturated carbocycles. The topological polar surface area (TPSA) is 237 Å². The molecule has 108 heavy (non-hydrogen) atoms. The van der Waals surface area contributed by atoms with Gasteiger partial charge in [0.05, 0.1) is 26.4 Å². The van der Waals surface area contributed by atoms with Crippen LogP contribution in [0.5, 0.6) is 0 Å². The van der Waals surface area contributed by atoms with Gasteiger partial charge in [-0.3, -0.25) is 37.3 Å². The van der Waals surface area contributed by atoms with Crippen molar-refractivity contribution >= 4 is 39.5 Å². The van der Waals surface area contributed by atoms with Crippen molar-refractivity contribution in [2.45, 2.75) is 290 Å². The highest BCUT2D eigenvalue weighted by atomic mass is 31.2. The molecule has 0 aromatic heterocycles. The number of aliphatic hydroxyl groups excluding tert-OH is 1. The molecule has 0 bridgehead atoms. The van der Waals surface area contributed by atoms with Crippen molar-refractivity contribution in [2.24, 2.45) is 0 Å². The minimum Gasteiger partial charge on any atom is -0.462 e. The zero-order valence-electron chi connectivity index (χ0n) is 66.4. The first-order chi connectivity index (χ1) is 52.7. The first kappa shape index (κ1) is 102. The summed E-state index contributed by atoms with van der Waals surface area (Å²) in [7, 11) is -10.0. The standard InChI is InChI=1S/C89H140O17P2/c1-5-9-13-17-21-25-29-33-36-39-41-44-46-50-53-57-61-65-69-73-86(91)99-79-84(105-88(93)75-71-67-63-59-55-49-32-28-24-20-16-12-8-4)81-103-107(95,96)101-77-83(90)78-102-108(97,98)104-82-85(106-89(94)76-72-68-64-60-56-52-48-43-38-35-31-27-23-19-15-11-7-3)80-100-87(92)74-70-66-62-58-54-51-47-45-42-40-37-34-30-26-22-18-14-10-6-2/h9-11,13-16,20-23,25-28,32-38,41-42,44-45,48,50-54,60,64,83-85,90H,5-8,12,17-19,24,29-31,39-40,43,46-47,49,55-59,61-63,65-82H2,1-4H3,(H,95,96)(H,97,98)/b13-9-,14-10-,15-11-,20-16-,25-21-,26-22-,27-23-,32-28-,36-33-,37-34-,38-35-,44-41-,45-42-,52-48-,53-50-,54-51-,64-60-. The molecule has 17 nitrogen and oxygen atoms in total. The van der Waals surface area contributed by atoms with Crippen LogP contribution in [0.15, 0.2) is 207 Å². The average Bonchev–Trinajstić information content (AvgIpc) is 0.886. The van der Waals surface area contributed by atoms with Gasteiger partial charge < -0.3 is 33.8 Å². The van der Waals surface area contributed by atoms with Gasteiger partial charge in [-0.2, -0.15) is 0 Å². The van der Waals surface area contributed by atoms with Gasteiger partial charge in [0.2, 0.25) is 0 Å². The molecule has 0 aliphatic carbocycles. The third-order valence-electron chi connectivity index (χ3n) is 15.7. The summed E-state index contributed by atoms with van der Waals surface area (Å²) in [4.78, 5) is 73.1. The summed E-state index contributed by atoms with van der Waals surface area (Å²) in [5.74, 6) is -2.36. The van der Waals surface area contributed by atoms with Crippen LogP contribution in [0.25, 0.3) is 0 Å². The Bertz CT molecular complexity index is 2860. The number of rotatable bonds is 73. The molecule has 0 aromatic carbocycles. The monoisotopic (exact) mass is 1540 g/mol. The predicted octanol–water partition coefficient (Wildman–Crippen LogP) is 23.9. The van der Waals surface area contributed by atoms with Gasteiger partial charge in [-0.1, -0.05) is 273 Å². The highest BCUT2D eigenvalue weighted by Gasteiger charge is 2.30. The number of carbonyl (C=O) groups is 4. The van der Waals surface area contributed by atoms with Crippen LogP contribution in [0.3, 0.4) is 0 Å². The lowest BCUT2D eigenvalue weighted by Crippen LogP contribution is -2.30. The number of unbranched alkanes of at least 4 members (excludes halogenated alkanes) is 13. The Kier molecular flexibility index (Phi) is 74.1. The molecule has 5 atom stereocenters. The van der Waals surface area contributed by atoms with Gasteiger partial charge in [0.25, 0.3) is 0 Å². The number of aliphatic hydroxyl groups is 1. The summed E-state index contributed by atoms with van der Waals surface area (Å²) < 4.78 is 68.5. The van der Waals surface area contributed by atoms with Crippen LogP contribution >= 0.6 is 15.6 Å². The highest BCUT2D eigenvalue weighted by Crippen LogP contribution is 2.45. The Morgan fingerprint density at radius 2 is 0.491 bits per heavy atom. The summed E-state index contributed by atoms with van der Waals surface area (Å²) in [6, 6.07) is 0. The van der Waals surface area contributed by atoms with Crippen molar-refractivity contribution in [3.05, 3.63) is 207 Å². The van der Waals surface area contributed by atoms with Crippen LogP contribution in [0, 0.1) is 0 Å². The fourth-order valence-corrected chi connectivity index (χ4v) is 11.3. The van der Waals surface area contributed by atoms with Crippen LogP contribution in [0.1, 0.15) is 272 Å². The van der Waals surface area contributed by atoms with E-state index in [4.69, 9.17) is 37.0 Å². The molecule has 0 aliphatic heterocycles. The minimum absolute atomic E-state index is 0.000932. The maximum Gasteiger partial charge on any atom is 0.472 e. The van der Waals surface area contributed by atoms with Gasteiger partial charge >= 0.3 is 39.5 Å². The second-order valence-corrected chi connectivity index (χ2v) is 28.8. The summed E-state index contributed by atoms with van der Waals surface area (Å²) in [5.41, 5.74) is 0. The van der Waals surface area contributed by atoms with E-state index >= 15 is 0 Å². The van der Waals surface area contributed by atoms with Crippen LogP contribution in [0.4, 0.5) is 0 Å². The fraction of sp³-hybridized carbons (Fsp3) is 0.573. The normalized spacial score (nSPS) is 14.9. The second kappa shape index (κ2) is 78.8. The number of ether oxygens (including phenoxy) is 4. The van der Waals surface area contributed by atoms with Crippen molar-refractivity contribution in [1.82, 2.24) is 0 Å². The molecule has 0 heterocycles. The Morgan fingerprint density at radius 1 is 0.269 bits per heavy atom. The summed E-state index contributed by atoms with van der Waals surface area (Å²) in [6.45, 7) is 4.27. The van der Waals surface area contributed by atoms with E-state index in [1.165, 1.54) is 0 Å². The Balaban J connectivity index is 5.51. The molecule has 0 radical (unpaired) electrons. The van der Waals surface area contributed by atoms with Crippen LogP contribution in [0.2, 0.25) is 0 Å². The van der Waals surface area contributed by atoms with E-state index in [1.54, 1.807) is 0 Å². The minimum atomic E-state index is -5.02. The van der Waals surface area contributed by atoms with Crippen molar-refractivity contribution in [3.8, 4) is 0 Å². The first-order valence-corrected chi connectivity index (χ1v) is 43.3. The number of phosphoric ester groups is 2. The van der Waals surface area contributed by atoms with Crippen LogP contribution < -0.4 is 0 Å². The van der Waals surface area contributed by atoms with Crippen molar-refractivity contribution < 1.29 is 80.2 Å². The van der Waals surface area contributed by atoms with Crippen molar-refractivity contribution in [1.29, 1.82) is 0 Å². The third-order valence-corrected chi connectivity index (χ3v) is 17.6. The quantitative estimate of drug-likeness (QED) is 0.0169. The zero-order chi connectivity index (χ0) is 78.9. The number of phosphoric acid groups is 2.